The van der Waals surface area contributed by atoms with Crippen molar-refractivity contribution in [3.63, 3.8) is 0 Å². The van der Waals surface area contributed by atoms with E-state index in [-0.39, 0.29) is 5.97 Å². The molecule has 2 N–H and O–H groups in total. The van der Waals surface area contributed by atoms with Gasteiger partial charge in [0.1, 0.15) is 5.00 Å². The Labute approximate surface area is 129 Å². The van der Waals surface area contributed by atoms with Crippen molar-refractivity contribution in [2.75, 3.05) is 12.4 Å². The van der Waals surface area contributed by atoms with Gasteiger partial charge in [0.05, 0.1) is 12.7 Å². The van der Waals surface area contributed by atoms with Crippen LogP contribution in [-0.4, -0.2) is 24.2 Å². The molecule has 112 valence electrons. The van der Waals surface area contributed by atoms with Crippen LogP contribution in [0.5, 0.6) is 0 Å². The second-order valence-electron chi connectivity index (χ2n) is 4.59. The van der Waals surface area contributed by atoms with E-state index in [1.54, 1.807) is 0 Å². The van der Waals surface area contributed by atoms with Crippen LogP contribution in [0.15, 0.2) is 6.07 Å². The largest absolute Gasteiger partial charge is 0.465 e. The number of thiocarbonyl (C=S) groups is 1. The number of carbonyl (C=O) groups excluding carboxylic acids is 1. The molecule has 1 aromatic heterocycles. The number of rotatable bonds is 6. The highest BCUT2D eigenvalue weighted by Crippen LogP contribution is 2.29. The van der Waals surface area contributed by atoms with Gasteiger partial charge in [-0.1, -0.05) is 20.3 Å². The summed E-state index contributed by atoms with van der Waals surface area (Å²) in [6.07, 6.45) is 3.03. The first kappa shape index (κ1) is 16.9. The van der Waals surface area contributed by atoms with Gasteiger partial charge < -0.3 is 15.4 Å². The summed E-state index contributed by atoms with van der Waals surface area (Å²) in [4.78, 5) is 12.9. The van der Waals surface area contributed by atoms with Crippen LogP contribution in [0.1, 0.15) is 48.8 Å². The Kier molecular flexibility index (Phi) is 6.95. The number of thiophene rings is 1. The summed E-state index contributed by atoms with van der Waals surface area (Å²) in [6, 6.07) is 2.17. The topological polar surface area (TPSA) is 50.4 Å². The van der Waals surface area contributed by atoms with Crippen molar-refractivity contribution < 1.29 is 9.53 Å². The van der Waals surface area contributed by atoms with Gasteiger partial charge in [-0.2, -0.15) is 0 Å². The molecular weight excluding hydrogens is 292 g/mol. The molecule has 0 bridgehead atoms. The number of ether oxygens (including phenoxy) is 1. The lowest BCUT2D eigenvalue weighted by Gasteiger charge is -2.16. The first-order valence-electron chi connectivity index (χ1n) is 6.80. The molecule has 0 saturated heterocycles. The van der Waals surface area contributed by atoms with Gasteiger partial charge in [-0.3, -0.25) is 0 Å². The Bertz CT molecular complexity index is 472. The van der Waals surface area contributed by atoms with E-state index in [4.69, 9.17) is 17.0 Å². The Morgan fingerprint density at radius 2 is 2.20 bits per heavy atom. The van der Waals surface area contributed by atoms with Gasteiger partial charge in [0.15, 0.2) is 5.11 Å². The molecule has 0 spiro atoms. The van der Waals surface area contributed by atoms with Gasteiger partial charge >= 0.3 is 5.97 Å². The first-order chi connectivity index (χ1) is 9.51. The number of esters is 1. The second kappa shape index (κ2) is 8.21. The third-order valence-corrected chi connectivity index (χ3v) is 4.28. The summed E-state index contributed by atoms with van der Waals surface area (Å²) in [7, 11) is 1.38. The highest BCUT2D eigenvalue weighted by molar-refractivity contribution is 7.80. The van der Waals surface area contributed by atoms with Crippen LogP contribution in [0.4, 0.5) is 5.00 Å². The quantitative estimate of drug-likeness (QED) is 0.621. The number of nitrogens with one attached hydrogen (secondary N) is 2. The van der Waals surface area contributed by atoms with Crippen molar-refractivity contribution in [1.82, 2.24) is 5.32 Å². The Hall–Kier alpha value is -1.14. The molecule has 0 aliphatic heterocycles. The van der Waals surface area contributed by atoms with Crippen LogP contribution in [0, 0.1) is 0 Å². The molecule has 1 unspecified atom stereocenters. The number of anilines is 1. The molecule has 0 fully saturated rings. The van der Waals surface area contributed by atoms with Crippen LogP contribution in [-0.2, 0) is 11.2 Å². The molecule has 20 heavy (non-hydrogen) atoms. The molecule has 0 aromatic carbocycles. The Balaban J connectivity index is 2.77. The van der Waals surface area contributed by atoms with Crippen LogP contribution in [0.3, 0.4) is 0 Å². The van der Waals surface area contributed by atoms with Gasteiger partial charge in [0, 0.05) is 10.9 Å². The molecule has 0 saturated carbocycles. The zero-order valence-corrected chi connectivity index (χ0v) is 14.0. The summed E-state index contributed by atoms with van der Waals surface area (Å²) >= 11 is 6.82. The zero-order valence-electron chi connectivity index (χ0n) is 12.4. The van der Waals surface area contributed by atoms with E-state index < -0.39 is 0 Å². The molecule has 1 rings (SSSR count). The summed E-state index contributed by atoms with van der Waals surface area (Å²) in [5.41, 5.74) is 0.543. The summed E-state index contributed by atoms with van der Waals surface area (Å²) < 4.78 is 4.80. The van der Waals surface area contributed by atoms with Crippen molar-refractivity contribution in [1.29, 1.82) is 0 Å². The molecule has 0 aliphatic carbocycles. The summed E-state index contributed by atoms with van der Waals surface area (Å²) in [5, 5.41) is 7.61. The van der Waals surface area contributed by atoms with Gasteiger partial charge in [0.25, 0.3) is 0 Å². The van der Waals surface area contributed by atoms with Gasteiger partial charge in [-0.05, 0) is 38.0 Å². The van der Waals surface area contributed by atoms with E-state index in [2.05, 4.69) is 31.4 Å². The highest BCUT2D eigenvalue weighted by atomic mass is 32.1. The number of aryl methyl sites for hydroxylation is 1. The molecule has 0 aliphatic rings. The van der Waals surface area contributed by atoms with E-state index in [1.165, 1.54) is 18.4 Å². The standard InChI is InChI=1S/C14H22N2O2S2/c1-5-7-9(3)15-14(19)16-12-11(13(17)18-4)8-10(6-2)20-12/h8-9H,5-7H2,1-4H3,(H2,15,16,19). The fourth-order valence-corrected chi connectivity index (χ4v) is 3.20. The normalized spacial score (nSPS) is 11.8. The van der Waals surface area contributed by atoms with Crippen molar-refractivity contribution in [2.45, 2.75) is 46.1 Å². The molecule has 1 aromatic rings. The second-order valence-corrected chi connectivity index (χ2v) is 6.13. The monoisotopic (exact) mass is 314 g/mol. The Morgan fingerprint density at radius 1 is 1.50 bits per heavy atom. The third kappa shape index (κ3) is 4.76. The predicted molar refractivity (Wildman–Crippen MR) is 88.8 cm³/mol. The minimum Gasteiger partial charge on any atom is -0.465 e. The highest BCUT2D eigenvalue weighted by Gasteiger charge is 2.17. The molecule has 4 nitrogen and oxygen atoms in total. The maximum absolute atomic E-state index is 11.8. The van der Waals surface area contributed by atoms with E-state index in [1.807, 2.05) is 6.07 Å². The lowest BCUT2D eigenvalue weighted by molar-refractivity contribution is 0.0602. The molecule has 1 atom stereocenters. The van der Waals surface area contributed by atoms with E-state index in [0.29, 0.717) is 16.7 Å². The van der Waals surface area contributed by atoms with Crippen molar-refractivity contribution in [2.24, 2.45) is 0 Å². The van der Waals surface area contributed by atoms with Crippen LogP contribution in [0.2, 0.25) is 0 Å². The Morgan fingerprint density at radius 3 is 2.75 bits per heavy atom. The van der Waals surface area contributed by atoms with Gasteiger partial charge in [0.2, 0.25) is 0 Å². The van der Waals surface area contributed by atoms with Crippen LogP contribution < -0.4 is 10.6 Å². The molecule has 0 amide bonds. The van der Waals surface area contributed by atoms with E-state index >= 15 is 0 Å². The van der Waals surface area contributed by atoms with Gasteiger partial charge in [-0.25, -0.2) is 4.79 Å². The minimum atomic E-state index is -0.340. The van der Waals surface area contributed by atoms with Crippen molar-refractivity contribution in [3.8, 4) is 0 Å². The predicted octanol–water partition coefficient (Wildman–Crippen LogP) is 3.57. The number of carbonyl (C=O) groups is 1. The zero-order chi connectivity index (χ0) is 15.1. The molecular formula is C14H22N2O2S2. The minimum absolute atomic E-state index is 0.312. The summed E-state index contributed by atoms with van der Waals surface area (Å²) in [6.45, 7) is 6.28. The third-order valence-electron chi connectivity index (χ3n) is 2.86. The van der Waals surface area contributed by atoms with Crippen molar-refractivity contribution >= 4 is 39.6 Å². The first-order valence-corrected chi connectivity index (χ1v) is 8.02. The molecule has 6 heteroatoms. The van der Waals surface area contributed by atoms with E-state index in [0.717, 1.165) is 29.1 Å². The lowest BCUT2D eigenvalue weighted by atomic mass is 10.2. The maximum Gasteiger partial charge on any atom is 0.340 e. The van der Waals surface area contributed by atoms with Crippen LogP contribution in [0.25, 0.3) is 0 Å². The van der Waals surface area contributed by atoms with Gasteiger partial charge in [-0.15, -0.1) is 11.3 Å². The molecule has 1 heterocycles. The molecule has 0 radical (unpaired) electrons. The SMILES string of the molecule is CCCC(C)NC(=S)Nc1sc(CC)cc1C(=O)OC. The van der Waals surface area contributed by atoms with Crippen LogP contribution >= 0.6 is 23.6 Å². The average molecular weight is 314 g/mol. The van der Waals surface area contributed by atoms with Crippen molar-refractivity contribution in [3.05, 3.63) is 16.5 Å². The maximum atomic E-state index is 11.8. The average Bonchev–Trinajstić information content (AvgIpc) is 2.80. The van der Waals surface area contributed by atoms with E-state index in [9.17, 15) is 4.79 Å². The lowest BCUT2D eigenvalue weighted by Crippen LogP contribution is -2.35. The smallest absolute Gasteiger partial charge is 0.340 e. The summed E-state index contributed by atoms with van der Waals surface area (Å²) in [5.74, 6) is -0.340. The number of hydrogen-bond acceptors (Lipinski definition) is 4. The fourth-order valence-electron chi connectivity index (χ4n) is 1.84. The number of methoxy groups -OCH3 is 1. The number of hydrogen-bond donors (Lipinski definition) is 2. The fraction of sp³-hybridized carbons (Fsp3) is 0.571.